The van der Waals surface area contributed by atoms with Crippen molar-refractivity contribution in [3.05, 3.63) is 28.5 Å². The number of hydrogen-bond donors (Lipinski definition) is 1. The summed E-state index contributed by atoms with van der Waals surface area (Å²) in [6, 6.07) is 1.68. The van der Waals surface area contributed by atoms with Crippen molar-refractivity contribution in [2.24, 2.45) is 5.73 Å². The molecule has 1 aromatic rings. The molecule has 0 aliphatic rings. The van der Waals surface area contributed by atoms with E-state index in [0.717, 1.165) is 5.56 Å². The molecule has 0 spiro atoms. The van der Waals surface area contributed by atoms with Gasteiger partial charge in [0.1, 0.15) is 0 Å². The SMILES string of the molecule is CC(N)(Cc1ccncc1Br)C(F)F. The van der Waals surface area contributed by atoms with Crippen LogP contribution in [0.3, 0.4) is 0 Å². The van der Waals surface area contributed by atoms with Crippen molar-refractivity contribution in [2.75, 3.05) is 0 Å². The van der Waals surface area contributed by atoms with Gasteiger partial charge in [0.15, 0.2) is 0 Å². The van der Waals surface area contributed by atoms with Gasteiger partial charge in [-0.3, -0.25) is 4.98 Å². The van der Waals surface area contributed by atoms with Gasteiger partial charge in [0.05, 0.1) is 5.54 Å². The Kier molecular flexibility index (Phi) is 3.55. The smallest absolute Gasteiger partial charge is 0.256 e. The molecular weight excluding hydrogens is 254 g/mol. The van der Waals surface area contributed by atoms with E-state index >= 15 is 0 Å². The Morgan fingerprint density at radius 3 is 2.79 bits per heavy atom. The van der Waals surface area contributed by atoms with Gasteiger partial charge in [-0.15, -0.1) is 0 Å². The van der Waals surface area contributed by atoms with Crippen LogP contribution < -0.4 is 5.73 Å². The molecule has 1 rings (SSSR count). The van der Waals surface area contributed by atoms with Gasteiger partial charge in [0.25, 0.3) is 6.43 Å². The maximum atomic E-state index is 12.5. The summed E-state index contributed by atoms with van der Waals surface area (Å²) in [5.74, 6) is 0. The van der Waals surface area contributed by atoms with Crippen LogP contribution in [0, 0.1) is 0 Å². The lowest BCUT2D eigenvalue weighted by Crippen LogP contribution is -2.45. The normalized spacial score (nSPS) is 15.6. The standard InChI is InChI=1S/C9H11BrF2N2/c1-9(13,8(11)12)4-6-2-3-14-5-7(6)10/h2-3,5,8H,4,13H2,1H3. The summed E-state index contributed by atoms with van der Waals surface area (Å²) < 4.78 is 25.7. The number of nitrogens with two attached hydrogens (primary N) is 1. The molecule has 5 heteroatoms. The lowest BCUT2D eigenvalue weighted by atomic mass is 9.95. The van der Waals surface area contributed by atoms with Crippen LogP contribution in [0.25, 0.3) is 0 Å². The molecule has 14 heavy (non-hydrogen) atoms. The first kappa shape index (κ1) is 11.5. The van der Waals surface area contributed by atoms with Crippen LogP contribution in [-0.2, 0) is 6.42 Å². The third-order valence-corrected chi connectivity index (χ3v) is 2.64. The molecule has 2 nitrogen and oxygen atoms in total. The van der Waals surface area contributed by atoms with Crippen LogP contribution in [0.1, 0.15) is 12.5 Å². The molecule has 1 unspecified atom stereocenters. The third kappa shape index (κ3) is 2.72. The van der Waals surface area contributed by atoms with Crippen LogP contribution in [0.5, 0.6) is 0 Å². The molecule has 0 amide bonds. The summed E-state index contributed by atoms with van der Waals surface area (Å²) in [6.07, 6.45) is 0.703. The fraction of sp³-hybridized carbons (Fsp3) is 0.444. The van der Waals surface area contributed by atoms with Crippen molar-refractivity contribution in [1.29, 1.82) is 0 Å². The van der Waals surface area contributed by atoms with E-state index in [1.54, 1.807) is 18.5 Å². The second-order valence-electron chi connectivity index (χ2n) is 3.45. The topological polar surface area (TPSA) is 38.9 Å². The van der Waals surface area contributed by atoms with Crippen molar-refractivity contribution >= 4 is 15.9 Å². The van der Waals surface area contributed by atoms with Gasteiger partial charge in [0.2, 0.25) is 0 Å². The van der Waals surface area contributed by atoms with Crippen molar-refractivity contribution in [3.8, 4) is 0 Å². The second kappa shape index (κ2) is 4.31. The maximum absolute atomic E-state index is 12.5. The molecule has 1 aromatic heterocycles. The number of nitrogens with zero attached hydrogens (tertiary/aromatic N) is 1. The molecular formula is C9H11BrF2N2. The lowest BCUT2D eigenvalue weighted by molar-refractivity contribution is 0.0638. The van der Waals surface area contributed by atoms with Gasteiger partial charge in [0, 0.05) is 16.9 Å². The van der Waals surface area contributed by atoms with E-state index in [2.05, 4.69) is 20.9 Å². The number of alkyl halides is 2. The third-order valence-electron chi connectivity index (χ3n) is 1.93. The molecule has 1 atom stereocenters. The van der Waals surface area contributed by atoms with Gasteiger partial charge in [-0.2, -0.15) is 0 Å². The average molecular weight is 265 g/mol. The molecule has 0 radical (unpaired) electrons. The van der Waals surface area contributed by atoms with Crippen LogP contribution in [0.2, 0.25) is 0 Å². The number of aromatic nitrogens is 1. The first-order valence-corrected chi connectivity index (χ1v) is 4.88. The maximum Gasteiger partial charge on any atom is 0.256 e. The summed E-state index contributed by atoms with van der Waals surface area (Å²) in [5, 5.41) is 0. The summed E-state index contributed by atoms with van der Waals surface area (Å²) >= 11 is 3.24. The minimum absolute atomic E-state index is 0.119. The highest BCUT2D eigenvalue weighted by Crippen LogP contribution is 2.22. The largest absolute Gasteiger partial charge is 0.320 e. The molecule has 0 fully saturated rings. The number of halogens is 3. The quantitative estimate of drug-likeness (QED) is 0.911. The summed E-state index contributed by atoms with van der Waals surface area (Å²) in [7, 11) is 0. The van der Waals surface area contributed by atoms with Gasteiger partial charge in [-0.05, 0) is 40.9 Å². The summed E-state index contributed by atoms with van der Waals surface area (Å²) in [5.41, 5.74) is 4.71. The number of rotatable bonds is 3. The van der Waals surface area contributed by atoms with Gasteiger partial charge in [-0.1, -0.05) is 0 Å². The van der Waals surface area contributed by atoms with Crippen molar-refractivity contribution in [1.82, 2.24) is 4.98 Å². The van der Waals surface area contributed by atoms with Crippen LogP contribution >= 0.6 is 15.9 Å². The van der Waals surface area contributed by atoms with E-state index < -0.39 is 12.0 Å². The first-order valence-electron chi connectivity index (χ1n) is 4.09. The van der Waals surface area contributed by atoms with E-state index in [1.165, 1.54) is 6.92 Å². The lowest BCUT2D eigenvalue weighted by Gasteiger charge is -2.23. The molecule has 78 valence electrons. The Morgan fingerprint density at radius 1 is 1.64 bits per heavy atom. The molecule has 0 aliphatic carbocycles. The molecule has 0 saturated carbocycles. The van der Waals surface area contributed by atoms with E-state index in [4.69, 9.17) is 5.73 Å². The number of pyridine rings is 1. The van der Waals surface area contributed by atoms with Crippen molar-refractivity contribution < 1.29 is 8.78 Å². The molecule has 0 aromatic carbocycles. The highest BCUT2D eigenvalue weighted by Gasteiger charge is 2.30. The fourth-order valence-corrected chi connectivity index (χ4v) is 1.43. The Balaban J connectivity index is 2.84. The Bertz CT molecular complexity index is 315. The number of hydrogen-bond acceptors (Lipinski definition) is 2. The highest BCUT2D eigenvalue weighted by molar-refractivity contribution is 9.10. The van der Waals surface area contributed by atoms with Crippen molar-refractivity contribution in [2.45, 2.75) is 25.3 Å². The minimum atomic E-state index is -2.54. The Labute approximate surface area is 89.6 Å². The van der Waals surface area contributed by atoms with E-state index in [0.29, 0.717) is 4.47 Å². The van der Waals surface area contributed by atoms with E-state index in [-0.39, 0.29) is 6.42 Å². The summed E-state index contributed by atoms with van der Waals surface area (Å²) in [4.78, 5) is 3.84. The van der Waals surface area contributed by atoms with Crippen molar-refractivity contribution in [3.63, 3.8) is 0 Å². The zero-order chi connectivity index (χ0) is 10.8. The van der Waals surface area contributed by atoms with Crippen LogP contribution in [0.4, 0.5) is 8.78 Å². The first-order chi connectivity index (χ1) is 6.43. The predicted molar refractivity (Wildman–Crippen MR) is 54.2 cm³/mol. The van der Waals surface area contributed by atoms with Gasteiger partial charge < -0.3 is 5.73 Å². The van der Waals surface area contributed by atoms with Gasteiger partial charge >= 0.3 is 0 Å². The van der Waals surface area contributed by atoms with Crippen LogP contribution in [-0.4, -0.2) is 16.9 Å². The zero-order valence-electron chi connectivity index (χ0n) is 7.67. The Morgan fingerprint density at radius 2 is 2.29 bits per heavy atom. The summed E-state index contributed by atoms with van der Waals surface area (Å²) in [6.45, 7) is 1.34. The minimum Gasteiger partial charge on any atom is -0.320 e. The molecule has 0 aliphatic heterocycles. The average Bonchev–Trinajstić information content (AvgIpc) is 2.08. The predicted octanol–water partition coefficient (Wildman–Crippen LogP) is 2.37. The zero-order valence-corrected chi connectivity index (χ0v) is 9.26. The molecule has 0 saturated heterocycles. The van der Waals surface area contributed by atoms with E-state index in [1.807, 2.05) is 0 Å². The van der Waals surface area contributed by atoms with Crippen LogP contribution in [0.15, 0.2) is 22.9 Å². The second-order valence-corrected chi connectivity index (χ2v) is 4.30. The molecule has 2 N–H and O–H groups in total. The fourth-order valence-electron chi connectivity index (χ4n) is 1.03. The molecule has 0 bridgehead atoms. The Hall–Kier alpha value is -0.550. The monoisotopic (exact) mass is 264 g/mol. The molecule has 1 heterocycles. The highest BCUT2D eigenvalue weighted by atomic mass is 79.9. The van der Waals surface area contributed by atoms with Gasteiger partial charge in [-0.25, -0.2) is 8.78 Å². The van der Waals surface area contributed by atoms with E-state index in [9.17, 15) is 8.78 Å².